The summed E-state index contributed by atoms with van der Waals surface area (Å²) in [6.07, 6.45) is 0. The van der Waals surface area contributed by atoms with Crippen molar-refractivity contribution in [3.05, 3.63) is 78.0 Å². The lowest BCUT2D eigenvalue weighted by atomic mass is 10.1. The third-order valence-corrected chi connectivity index (χ3v) is 6.50. The SMILES string of the molecule is O=C1c2c(Cl)c(Cl)c(Cl)c(Cl)c2C(=O)N1c1nc2nc(-c3ccccc3)cc(=O)n2[nH]1. The van der Waals surface area contributed by atoms with Crippen molar-refractivity contribution in [2.75, 3.05) is 4.90 Å². The number of rotatable bonds is 2. The Hall–Kier alpha value is -2.91. The van der Waals surface area contributed by atoms with E-state index in [0.29, 0.717) is 16.2 Å². The highest BCUT2D eigenvalue weighted by molar-refractivity contribution is 6.56. The Bertz CT molecular complexity index is 1450. The Morgan fingerprint density at radius 2 is 1.35 bits per heavy atom. The topological polar surface area (TPSA) is 100 Å². The van der Waals surface area contributed by atoms with Gasteiger partial charge < -0.3 is 0 Å². The predicted molar refractivity (Wildman–Crippen MR) is 117 cm³/mol. The fourth-order valence-electron chi connectivity index (χ4n) is 3.27. The first kappa shape index (κ1) is 20.0. The summed E-state index contributed by atoms with van der Waals surface area (Å²) in [7, 11) is 0. The van der Waals surface area contributed by atoms with E-state index in [1.165, 1.54) is 6.07 Å². The molecule has 31 heavy (non-hydrogen) atoms. The number of hydrogen-bond donors (Lipinski definition) is 1. The number of imide groups is 1. The highest BCUT2D eigenvalue weighted by Crippen LogP contribution is 2.45. The van der Waals surface area contributed by atoms with Gasteiger partial charge in [0.05, 0.1) is 36.9 Å². The molecule has 12 heteroatoms. The Morgan fingerprint density at radius 3 is 1.94 bits per heavy atom. The fourth-order valence-corrected chi connectivity index (χ4v) is 4.28. The van der Waals surface area contributed by atoms with E-state index in [2.05, 4.69) is 15.1 Å². The number of anilines is 1. The molecule has 1 N–H and O–H groups in total. The lowest BCUT2D eigenvalue weighted by molar-refractivity contribution is 0.0924. The first-order valence-corrected chi connectivity index (χ1v) is 10.1. The van der Waals surface area contributed by atoms with Crippen LogP contribution in [0.4, 0.5) is 5.95 Å². The Kier molecular flexibility index (Phi) is 4.56. The van der Waals surface area contributed by atoms with E-state index in [0.717, 1.165) is 4.52 Å². The Labute approximate surface area is 192 Å². The average Bonchev–Trinajstić information content (AvgIpc) is 3.29. The van der Waals surface area contributed by atoms with Gasteiger partial charge in [-0.1, -0.05) is 76.7 Å². The summed E-state index contributed by atoms with van der Waals surface area (Å²) in [5.41, 5.74) is 0.209. The quantitative estimate of drug-likeness (QED) is 0.251. The monoisotopic (exact) mass is 493 g/mol. The number of H-pyrrole nitrogens is 1. The molecule has 0 unspecified atom stereocenters. The van der Waals surface area contributed by atoms with Crippen LogP contribution in [0.5, 0.6) is 0 Å². The molecule has 2 aromatic heterocycles. The molecule has 5 rings (SSSR count). The van der Waals surface area contributed by atoms with E-state index in [9.17, 15) is 14.4 Å². The van der Waals surface area contributed by atoms with Gasteiger partial charge in [0, 0.05) is 11.6 Å². The van der Waals surface area contributed by atoms with E-state index < -0.39 is 17.4 Å². The summed E-state index contributed by atoms with van der Waals surface area (Å²) >= 11 is 24.3. The van der Waals surface area contributed by atoms with Crippen LogP contribution in [-0.4, -0.2) is 31.4 Å². The normalized spacial score (nSPS) is 13.4. The predicted octanol–water partition coefficient (Wildman–Crippen LogP) is 4.50. The van der Waals surface area contributed by atoms with Crippen LogP contribution >= 0.6 is 46.4 Å². The molecule has 3 heterocycles. The summed E-state index contributed by atoms with van der Waals surface area (Å²) in [6, 6.07) is 10.3. The van der Waals surface area contributed by atoms with Gasteiger partial charge in [0.1, 0.15) is 0 Å². The number of amides is 2. The summed E-state index contributed by atoms with van der Waals surface area (Å²) in [5.74, 6) is -1.91. The van der Waals surface area contributed by atoms with Gasteiger partial charge in [-0.3, -0.25) is 19.5 Å². The van der Waals surface area contributed by atoms with Crippen molar-refractivity contribution < 1.29 is 9.59 Å². The van der Waals surface area contributed by atoms with Crippen LogP contribution in [-0.2, 0) is 0 Å². The van der Waals surface area contributed by atoms with Crippen molar-refractivity contribution >= 4 is 69.9 Å². The molecule has 0 spiro atoms. The number of aromatic nitrogens is 4. The van der Waals surface area contributed by atoms with Gasteiger partial charge in [-0.05, 0) is 0 Å². The summed E-state index contributed by atoms with van der Waals surface area (Å²) in [6.45, 7) is 0. The number of hydrogen-bond acceptors (Lipinski definition) is 5. The van der Waals surface area contributed by atoms with Crippen molar-refractivity contribution in [3.63, 3.8) is 0 Å². The van der Waals surface area contributed by atoms with E-state index in [1.807, 2.05) is 6.07 Å². The van der Waals surface area contributed by atoms with Gasteiger partial charge in [0.15, 0.2) is 0 Å². The molecular weight excluding hydrogens is 488 g/mol. The number of nitrogens with zero attached hydrogens (tertiary/aromatic N) is 4. The lowest BCUT2D eigenvalue weighted by Crippen LogP contribution is -2.30. The molecular formula is C19H7Cl4N5O3. The third-order valence-electron chi connectivity index (χ3n) is 4.70. The van der Waals surface area contributed by atoms with Crippen LogP contribution in [0.2, 0.25) is 20.1 Å². The summed E-state index contributed by atoms with van der Waals surface area (Å²) in [5, 5.41) is 1.91. The molecule has 0 bridgehead atoms. The van der Waals surface area contributed by atoms with Crippen LogP contribution < -0.4 is 10.5 Å². The maximum Gasteiger partial charge on any atom is 0.274 e. The molecule has 2 aromatic carbocycles. The zero-order chi connectivity index (χ0) is 22.0. The minimum absolute atomic E-state index is 0.0360. The van der Waals surface area contributed by atoms with Crippen LogP contribution in [0, 0.1) is 0 Å². The second-order valence-electron chi connectivity index (χ2n) is 6.48. The van der Waals surface area contributed by atoms with Crippen molar-refractivity contribution in [3.8, 4) is 11.3 Å². The zero-order valence-corrected chi connectivity index (χ0v) is 18.0. The van der Waals surface area contributed by atoms with Crippen LogP contribution in [0.25, 0.3) is 17.0 Å². The molecule has 0 saturated carbocycles. The van der Waals surface area contributed by atoms with Gasteiger partial charge >= 0.3 is 0 Å². The number of aromatic amines is 1. The van der Waals surface area contributed by atoms with E-state index in [1.54, 1.807) is 24.3 Å². The van der Waals surface area contributed by atoms with Crippen molar-refractivity contribution in [2.24, 2.45) is 0 Å². The highest BCUT2D eigenvalue weighted by atomic mass is 35.5. The standard InChI is InChI=1S/C19H7Cl4N5O3/c20-12-10-11(13(21)15(23)14(12)22)17(31)27(16(10)30)19-25-18-24-8(6-9(29)28(18)26-19)7-4-2-1-3-5-7/h1-6H,(H,24,25,26). The van der Waals surface area contributed by atoms with Gasteiger partial charge in [0.25, 0.3) is 23.2 Å². The summed E-state index contributed by atoms with van der Waals surface area (Å²) < 4.78 is 1.01. The molecule has 0 saturated heterocycles. The van der Waals surface area contributed by atoms with Gasteiger partial charge in [-0.25, -0.2) is 9.88 Å². The first-order chi connectivity index (χ1) is 14.8. The van der Waals surface area contributed by atoms with Gasteiger partial charge in [-0.2, -0.15) is 9.50 Å². The zero-order valence-electron chi connectivity index (χ0n) is 15.0. The maximum absolute atomic E-state index is 13.0. The molecule has 0 aliphatic carbocycles. The molecule has 8 nitrogen and oxygen atoms in total. The molecule has 1 aliphatic rings. The number of carbonyl (C=O) groups is 2. The summed E-state index contributed by atoms with van der Waals surface area (Å²) in [4.78, 5) is 47.7. The second-order valence-corrected chi connectivity index (χ2v) is 7.99. The largest absolute Gasteiger partial charge is 0.274 e. The Morgan fingerprint density at radius 1 is 0.774 bits per heavy atom. The number of nitrogens with one attached hydrogen (secondary N) is 1. The molecule has 2 amide bonds. The van der Waals surface area contributed by atoms with Crippen molar-refractivity contribution in [1.29, 1.82) is 0 Å². The number of benzene rings is 2. The molecule has 0 radical (unpaired) electrons. The smallest absolute Gasteiger partial charge is 0.268 e. The number of halogens is 4. The van der Waals surface area contributed by atoms with E-state index in [-0.39, 0.29) is 42.9 Å². The molecule has 154 valence electrons. The second kappa shape index (κ2) is 7.06. The van der Waals surface area contributed by atoms with Gasteiger partial charge in [-0.15, -0.1) is 0 Å². The van der Waals surface area contributed by atoms with Crippen LogP contribution in [0.3, 0.4) is 0 Å². The van der Waals surface area contributed by atoms with E-state index in [4.69, 9.17) is 46.4 Å². The molecule has 0 atom stereocenters. The number of carbonyl (C=O) groups excluding carboxylic acids is 2. The van der Waals surface area contributed by atoms with Crippen molar-refractivity contribution in [1.82, 2.24) is 19.6 Å². The van der Waals surface area contributed by atoms with E-state index >= 15 is 0 Å². The minimum atomic E-state index is -0.819. The average molecular weight is 495 g/mol. The third kappa shape index (κ3) is 2.87. The molecule has 4 aromatic rings. The first-order valence-electron chi connectivity index (χ1n) is 8.59. The number of fused-ring (bicyclic) bond motifs is 2. The van der Waals surface area contributed by atoms with Crippen LogP contribution in [0.15, 0.2) is 41.2 Å². The highest BCUT2D eigenvalue weighted by Gasteiger charge is 2.44. The fraction of sp³-hybridized carbons (Fsp3) is 0. The Balaban J connectivity index is 1.67. The maximum atomic E-state index is 13.0. The van der Waals surface area contributed by atoms with Gasteiger partial charge in [0.2, 0.25) is 5.95 Å². The lowest BCUT2D eigenvalue weighted by Gasteiger charge is -2.08. The van der Waals surface area contributed by atoms with Crippen LogP contribution in [0.1, 0.15) is 20.7 Å². The van der Waals surface area contributed by atoms with Crippen molar-refractivity contribution in [2.45, 2.75) is 0 Å². The molecule has 0 fully saturated rings. The minimum Gasteiger partial charge on any atom is -0.268 e. The molecule has 1 aliphatic heterocycles.